The molecule has 0 spiro atoms. The van der Waals surface area contributed by atoms with Crippen LogP contribution >= 0.6 is 0 Å². The zero-order valence-electron chi connectivity index (χ0n) is 13.3. The third kappa shape index (κ3) is 5.68. The number of hydrogen-bond donors (Lipinski definition) is 2. The number of aryl methyl sites for hydroxylation is 1. The number of aliphatic hydroxyl groups excluding tert-OH is 1. The molecular formula is C18H29NO2. The summed E-state index contributed by atoms with van der Waals surface area (Å²) in [6, 6.07) is 8.50. The number of hydrogen-bond acceptors (Lipinski definition) is 3. The Balaban J connectivity index is 1.65. The van der Waals surface area contributed by atoms with E-state index in [1.165, 1.54) is 37.7 Å². The summed E-state index contributed by atoms with van der Waals surface area (Å²) in [7, 11) is 0. The average molecular weight is 291 g/mol. The maximum absolute atomic E-state index is 10.0. The molecule has 21 heavy (non-hydrogen) atoms. The van der Waals surface area contributed by atoms with Gasteiger partial charge in [-0.15, -0.1) is 0 Å². The first kappa shape index (κ1) is 16.3. The summed E-state index contributed by atoms with van der Waals surface area (Å²) < 4.78 is 5.61. The number of rotatable bonds is 7. The Morgan fingerprint density at radius 3 is 2.76 bits per heavy atom. The second-order valence-corrected chi connectivity index (χ2v) is 6.32. The topological polar surface area (TPSA) is 41.5 Å². The molecule has 118 valence electrons. The van der Waals surface area contributed by atoms with Crippen LogP contribution in [0.15, 0.2) is 24.3 Å². The molecule has 0 heterocycles. The predicted octanol–water partition coefficient (Wildman–Crippen LogP) is 3.29. The molecule has 1 aliphatic rings. The normalized spacial score (nSPS) is 23.8. The van der Waals surface area contributed by atoms with Gasteiger partial charge in [-0.3, -0.25) is 0 Å². The highest BCUT2D eigenvalue weighted by Gasteiger charge is 2.20. The minimum atomic E-state index is -0.451. The standard InChI is InChI=1S/C18H29NO2/c1-3-15-5-4-6-16(11-15)19-12-17(20)13-21-18-9-7-14(2)8-10-18/h7-10,15-17,19-20H,3-6,11-13H2,1-2H3. The van der Waals surface area contributed by atoms with Crippen LogP contribution in [-0.4, -0.2) is 30.4 Å². The molecule has 3 nitrogen and oxygen atoms in total. The Morgan fingerprint density at radius 1 is 1.29 bits per heavy atom. The van der Waals surface area contributed by atoms with Gasteiger partial charge in [0.05, 0.1) is 0 Å². The largest absolute Gasteiger partial charge is 0.491 e. The predicted molar refractivity (Wildman–Crippen MR) is 86.7 cm³/mol. The molecule has 2 rings (SSSR count). The van der Waals surface area contributed by atoms with Crippen molar-refractivity contribution in [3.05, 3.63) is 29.8 Å². The van der Waals surface area contributed by atoms with E-state index in [9.17, 15) is 5.11 Å². The van der Waals surface area contributed by atoms with E-state index in [4.69, 9.17) is 4.74 Å². The lowest BCUT2D eigenvalue weighted by molar-refractivity contribution is 0.1000. The first-order valence-electron chi connectivity index (χ1n) is 8.28. The molecule has 1 aromatic carbocycles. The molecule has 0 radical (unpaired) electrons. The number of aliphatic hydroxyl groups is 1. The molecule has 3 heteroatoms. The Morgan fingerprint density at radius 2 is 2.05 bits per heavy atom. The van der Waals surface area contributed by atoms with E-state index >= 15 is 0 Å². The van der Waals surface area contributed by atoms with Crippen LogP contribution in [0.25, 0.3) is 0 Å². The fraction of sp³-hybridized carbons (Fsp3) is 0.667. The number of nitrogens with one attached hydrogen (secondary N) is 1. The van der Waals surface area contributed by atoms with Crippen LogP contribution in [0.3, 0.4) is 0 Å². The van der Waals surface area contributed by atoms with Crippen LogP contribution in [0, 0.1) is 12.8 Å². The first-order chi connectivity index (χ1) is 10.2. The van der Waals surface area contributed by atoms with E-state index in [2.05, 4.69) is 19.2 Å². The fourth-order valence-corrected chi connectivity index (χ4v) is 3.04. The highest BCUT2D eigenvalue weighted by atomic mass is 16.5. The Kier molecular flexibility index (Phi) is 6.52. The third-order valence-corrected chi connectivity index (χ3v) is 4.47. The van der Waals surface area contributed by atoms with Crippen molar-refractivity contribution < 1.29 is 9.84 Å². The third-order valence-electron chi connectivity index (χ3n) is 4.47. The molecule has 0 aliphatic heterocycles. The molecule has 0 bridgehead atoms. The molecule has 1 fully saturated rings. The molecule has 0 saturated heterocycles. The summed E-state index contributed by atoms with van der Waals surface area (Å²) in [5, 5.41) is 13.5. The smallest absolute Gasteiger partial charge is 0.119 e. The van der Waals surface area contributed by atoms with Crippen molar-refractivity contribution in [2.24, 2.45) is 5.92 Å². The minimum absolute atomic E-state index is 0.347. The van der Waals surface area contributed by atoms with Crippen LogP contribution in [0.2, 0.25) is 0 Å². The van der Waals surface area contributed by atoms with Gasteiger partial charge in [-0.2, -0.15) is 0 Å². The van der Waals surface area contributed by atoms with Crippen molar-refractivity contribution in [1.29, 1.82) is 0 Å². The van der Waals surface area contributed by atoms with E-state index in [0.717, 1.165) is 11.7 Å². The van der Waals surface area contributed by atoms with Gasteiger partial charge in [0, 0.05) is 12.6 Å². The Hall–Kier alpha value is -1.06. The van der Waals surface area contributed by atoms with Crippen molar-refractivity contribution in [2.45, 2.75) is 58.1 Å². The van der Waals surface area contributed by atoms with Crippen LogP contribution in [0.5, 0.6) is 5.75 Å². The summed E-state index contributed by atoms with van der Waals surface area (Å²) >= 11 is 0. The monoisotopic (exact) mass is 291 g/mol. The van der Waals surface area contributed by atoms with Crippen LogP contribution in [-0.2, 0) is 0 Å². The van der Waals surface area contributed by atoms with Gasteiger partial charge < -0.3 is 15.2 Å². The Bertz CT molecular complexity index is 404. The van der Waals surface area contributed by atoms with Gasteiger partial charge >= 0.3 is 0 Å². The van der Waals surface area contributed by atoms with Gasteiger partial charge in [-0.25, -0.2) is 0 Å². The van der Waals surface area contributed by atoms with Gasteiger partial charge in [0.25, 0.3) is 0 Å². The first-order valence-corrected chi connectivity index (χ1v) is 8.28. The van der Waals surface area contributed by atoms with Crippen molar-refractivity contribution in [2.75, 3.05) is 13.2 Å². The van der Waals surface area contributed by atoms with Crippen molar-refractivity contribution >= 4 is 0 Å². The zero-order valence-corrected chi connectivity index (χ0v) is 13.3. The maximum Gasteiger partial charge on any atom is 0.119 e. The number of ether oxygens (including phenoxy) is 1. The summed E-state index contributed by atoms with van der Waals surface area (Å²) in [5.74, 6) is 1.68. The van der Waals surface area contributed by atoms with Gasteiger partial charge in [-0.05, 0) is 37.8 Å². The lowest BCUT2D eigenvalue weighted by Crippen LogP contribution is -2.40. The molecule has 0 aromatic heterocycles. The summed E-state index contributed by atoms with van der Waals surface area (Å²) in [6.07, 6.45) is 6.00. The molecule has 1 aromatic rings. The zero-order chi connectivity index (χ0) is 15.1. The maximum atomic E-state index is 10.0. The Labute approximate surface area is 128 Å². The summed E-state index contributed by atoms with van der Waals surface area (Å²) in [4.78, 5) is 0. The quantitative estimate of drug-likeness (QED) is 0.810. The average Bonchev–Trinajstić information content (AvgIpc) is 2.52. The van der Waals surface area contributed by atoms with Crippen LogP contribution in [0.1, 0.15) is 44.6 Å². The van der Waals surface area contributed by atoms with E-state index in [1.54, 1.807) is 0 Å². The van der Waals surface area contributed by atoms with Gasteiger partial charge in [0.15, 0.2) is 0 Å². The van der Waals surface area contributed by atoms with Gasteiger partial charge in [0.1, 0.15) is 18.5 Å². The van der Waals surface area contributed by atoms with E-state index in [0.29, 0.717) is 19.2 Å². The van der Waals surface area contributed by atoms with Crippen molar-refractivity contribution in [3.63, 3.8) is 0 Å². The second-order valence-electron chi connectivity index (χ2n) is 6.32. The highest BCUT2D eigenvalue weighted by molar-refractivity contribution is 5.26. The van der Waals surface area contributed by atoms with Crippen molar-refractivity contribution in [1.82, 2.24) is 5.32 Å². The molecule has 1 aliphatic carbocycles. The molecule has 3 atom stereocenters. The van der Waals surface area contributed by atoms with Crippen LogP contribution in [0.4, 0.5) is 0 Å². The molecular weight excluding hydrogens is 262 g/mol. The van der Waals surface area contributed by atoms with Crippen molar-refractivity contribution in [3.8, 4) is 5.75 Å². The molecule has 0 amide bonds. The SMILES string of the molecule is CCC1CCCC(NCC(O)COc2ccc(C)cc2)C1. The van der Waals surface area contributed by atoms with Crippen LogP contribution < -0.4 is 10.1 Å². The van der Waals surface area contributed by atoms with E-state index in [-0.39, 0.29) is 0 Å². The molecule has 2 N–H and O–H groups in total. The number of benzene rings is 1. The molecule has 3 unspecified atom stereocenters. The summed E-state index contributed by atoms with van der Waals surface area (Å²) in [6.45, 7) is 5.29. The van der Waals surface area contributed by atoms with Gasteiger partial charge in [0.2, 0.25) is 0 Å². The van der Waals surface area contributed by atoms with E-state index < -0.39 is 6.10 Å². The van der Waals surface area contributed by atoms with Gasteiger partial charge in [-0.1, -0.05) is 43.9 Å². The van der Waals surface area contributed by atoms with E-state index in [1.807, 2.05) is 24.3 Å². The fourth-order valence-electron chi connectivity index (χ4n) is 3.04. The lowest BCUT2D eigenvalue weighted by Gasteiger charge is -2.29. The highest BCUT2D eigenvalue weighted by Crippen LogP contribution is 2.26. The minimum Gasteiger partial charge on any atom is -0.491 e. The second kappa shape index (κ2) is 8.40. The molecule has 1 saturated carbocycles. The summed E-state index contributed by atoms with van der Waals surface area (Å²) in [5.41, 5.74) is 1.22. The lowest BCUT2D eigenvalue weighted by atomic mass is 9.84.